The van der Waals surface area contributed by atoms with Gasteiger partial charge in [0.2, 0.25) is 0 Å². The van der Waals surface area contributed by atoms with Gasteiger partial charge in [-0.05, 0) is 12.8 Å². The average molecular weight is 305 g/mol. The van der Waals surface area contributed by atoms with E-state index in [2.05, 4.69) is 31.7 Å². The van der Waals surface area contributed by atoms with Crippen LogP contribution in [0.2, 0.25) is 0 Å². The van der Waals surface area contributed by atoms with Crippen molar-refractivity contribution in [1.29, 1.82) is 0 Å². The van der Waals surface area contributed by atoms with E-state index in [1.165, 1.54) is 96.3 Å². The van der Waals surface area contributed by atoms with Crippen LogP contribution >= 0.6 is 0 Å². The summed E-state index contributed by atoms with van der Waals surface area (Å²) < 4.78 is 0. The minimum Gasteiger partial charge on any atom is -0.0991 e. The molecule has 0 nitrogen and oxygen atoms in total. The van der Waals surface area contributed by atoms with Crippen molar-refractivity contribution in [2.75, 3.05) is 0 Å². The smallest absolute Gasteiger partial charge is 0.0348 e. The van der Waals surface area contributed by atoms with E-state index in [1.54, 1.807) is 0 Å². The topological polar surface area (TPSA) is 0 Å². The van der Waals surface area contributed by atoms with Crippen LogP contribution in [0.5, 0.6) is 0 Å². The molecule has 0 aromatic carbocycles. The lowest BCUT2D eigenvalue weighted by molar-refractivity contribution is 0.536. The highest BCUT2D eigenvalue weighted by Gasteiger charge is 1.93. The van der Waals surface area contributed by atoms with Crippen molar-refractivity contribution in [2.45, 2.75) is 103 Å². The third kappa shape index (κ3) is 19.2. The molecule has 22 heavy (non-hydrogen) atoms. The fourth-order valence-corrected chi connectivity index (χ4v) is 2.77. The Hall–Kier alpha value is -0.780. The molecule has 0 aromatic rings. The summed E-state index contributed by atoms with van der Waals surface area (Å²) in [5.74, 6) is 0. The lowest BCUT2D eigenvalue weighted by Gasteiger charge is -2.02. The second-order valence-corrected chi connectivity index (χ2v) is 6.43. The Balaban J connectivity index is 3.04. The van der Waals surface area contributed by atoms with Crippen LogP contribution in [0.3, 0.4) is 0 Å². The molecule has 0 rings (SSSR count). The summed E-state index contributed by atoms with van der Waals surface area (Å²) >= 11 is 0. The van der Waals surface area contributed by atoms with Gasteiger partial charge in [-0.15, -0.1) is 0 Å². The van der Waals surface area contributed by atoms with Gasteiger partial charge in [0.05, 0.1) is 0 Å². The summed E-state index contributed by atoms with van der Waals surface area (Å²) in [5, 5.41) is 0. The van der Waals surface area contributed by atoms with Crippen LogP contribution in [0.15, 0.2) is 37.0 Å². The van der Waals surface area contributed by atoms with E-state index < -0.39 is 0 Å². The Morgan fingerprint density at radius 2 is 1.00 bits per heavy atom. The highest BCUT2D eigenvalue weighted by atomic mass is 14.0. The molecule has 0 bridgehead atoms. The van der Waals surface area contributed by atoms with Crippen molar-refractivity contribution in [1.82, 2.24) is 0 Å². The predicted octanol–water partition coefficient (Wildman–Crippen LogP) is 8.16. The summed E-state index contributed by atoms with van der Waals surface area (Å²) in [6, 6.07) is 0. The van der Waals surface area contributed by atoms with Gasteiger partial charge >= 0.3 is 0 Å². The van der Waals surface area contributed by atoms with Gasteiger partial charge < -0.3 is 0 Å². The van der Waals surface area contributed by atoms with Gasteiger partial charge in [0, 0.05) is 0 Å². The van der Waals surface area contributed by atoms with Crippen LogP contribution in [0.25, 0.3) is 0 Å². The first-order valence-corrected chi connectivity index (χ1v) is 9.86. The van der Waals surface area contributed by atoms with Gasteiger partial charge in [0.1, 0.15) is 0 Å². The van der Waals surface area contributed by atoms with E-state index in [4.69, 9.17) is 0 Å². The van der Waals surface area contributed by atoms with Crippen molar-refractivity contribution < 1.29 is 0 Å². The molecule has 0 N–H and O–H groups in total. The summed E-state index contributed by atoms with van der Waals surface area (Å²) in [6.07, 6.45) is 31.6. The lowest BCUT2D eigenvalue weighted by atomic mass is 10.0. The Morgan fingerprint density at radius 3 is 1.45 bits per heavy atom. The molecule has 0 aliphatic heterocycles. The van der Waals surface area contributed by atoms with Crippen molar-refractivity contribution in [3.63, 3.8) is 0 Å². The van der Waals surface area contributed by atoms with Crippen LogP contribution in [0, 0.1) is 0 Å². The van der Waals surface area contributed by atoms with Crippen LogP contribution in [-0.4, -0.2) is 0 Å². The first-order valence-electron chi connectivity index (χ1n) is 9.86. The molecule has 0 spiro atoms. The van der Waals surface area contributed by atoms with Crippen LogP contribution < -0.4 is 0 Å². The van der Waals surface area contributed by atoms with Gasteiger partial charge in [0.15, 0.2) is 0 Å². The quantitative estimate of drug-likeness (QED) is 0.188. The van der Waals surface area contributed by atoms with E-state index >= 15 is 0 Å². The monoisotopic (exact) mass is 304 g/mol. The number of hydrogen-bond acceptors (Lipinski definition) is 0. The predicted molar refractivity (Wildman–Crippen MR) is 103 cm³/mol. The molecule has 0 heteroatoms. The standard InChI is InChI=1S/C22H40/c1-3-5-7-9-11-13-15-17-19-21-22-20-18-16-14-12-10-8-6-4-2/h3,5,7,9,11H,1,4,6,8,10,12-22H2,2H3. The molecule has 0 heterocycles. The summed E-state index contributed by atoms with van der Waals surface area (Å²) in [6.45, 7) is 5.94. The molecule has 0 saturated heterocycles. The molecular formula is C22H40. The molecule has 0 aliphatic carbocycles. The zero-order valence-electron chi connectivity index (χ0n) is 15.2. The van der Waals surface area contributed by atoms with Crippen molar-refractivity contribution in [3.05, 3.63) is 37.0 Å². The van der Waals surface area contributed by atoms with E-state index in [9.17, 15) is 0 Å². The molecule has 0 aromatic heterocycles. The van der Waals surface area contributed by atoms with Gasteiger partial charge in [-0.1, -0.05) is 127 Å². The molecule has 0 saturated carbocycles. The van der Waals surface area contributed by atoms with Crippen molar-refractivity contribution >= 4 is 0 Å². The highest BCUT2D eigenvalue weighted by Crippen LogP contribution is 2.13. The Morgan fingerprint density at radius 1 is 0.545 bits per heavy atom. The van der Waals surface area contributed by atoms with Gasteiger partial charge in [0.25, 0.3) is 0 Å². The third-order valence-electron chi connectivity index (χ3n) is 4.22. The number of allylic oxidation sites excluding steroid dienone is 5. The average Bonchev–Trinajstić information content (AvgIpc) is 2.54. The minimum atomic E-state index is 1.22. The molecular weight excluding hydrogens is 264 g/mol. The highest BCUT2D eigenvalue weighted by molar-refractivity contribution is 5.08. The van der Waals surface area contributed by atoms with Crippen molar-refractivity contribution in [3.8, 4) is 0 Å². The van der Waals surface area contributed by atoms with E-state index in [1.807, 2.05) is 12.2 Å². The van der Waals surface area contributed by atoms with Crippen LogP contribution in [-0.2, 0) is 0 Å². The maximum atomic E-state index is 3.65. The zero-order valence-corrected chi connectivity index (χ0v) is 15.2. The second-order valence-electron chi connectivity index (χ2n) is 6.43. The maximum Gasteiger partial charge on any atom is -0.0348 e. The molecule has 0 aliphatic rings. The molecule has 128 valence electrons. The SMILES string of the molecule is C=CC=CC=CCCCCCCCCCCCCCCCC. The fourth-order valence-electron chi connectivity index (χ4n) is 2.77. The van der Waals surface area contributed by atoms with Gasteiger partial charge in [-0.2, -0.15) is 0 Å². The second kappa shape index (κ2) is 20.2. The van der Waals surface area contributed by atoms with Crippen molar-refractivity contribution in [2.24, 2.45) is 0 Å². The number of rotatable bonds is 17. The Bertz CT molecular complexity index is 259. The zero-order chi connectivity index (χ0) is 16.1. The molecule has 0 fully saturated rings. The van der Waals surface area contributed by atoms with Gasteiger partial charge in [-0.3, -0.25) is 0 Å². The largest absolute Gasteiger partial charge is 0.0991 e. The summed E-state index contributed by atoms with van der Waals surface area (Å²) in [5.41, 5.74) is 0. The van der Waals surface area contributed by atoms with E-state index in [0.717, 1.165) is 0 Å². The molecule has 0 atom stereocenters. The Labute approximate surface area is 140 Å². The molecule has 0 amide bonds. The van der Waals surface area contributed by atoms with Crippen LogP contribution in [0.4, 0.5) is 0 Å². The lowest BCUT2D eigenvalue weighted by Crippen LogP contribution is -1.83. The minimum absolute atomic E-state index is 1.22. The third-order valence-corrected chi connectivity index (χ3v) is 4.22. The van der Waals surface area contributed by atoms with E-state index in [0.29, 0.717) is 0 Å². The Kier molecular flexibility index (Phi) is 19.5. The van der Waals surface area contributed by atoms with Crippen LogP contribution in [0.1, 0.15) is 103 Å². The fraction of sp³-hybridized carbons (Fsp3) is 0.727. The summed E-state index contributed by atoms with van der Waals surface area (Å²) in [4.78, 5) is 0. The number of hydrogen-bond donors (Lipinski definition) is 0. The first kappa shape index (κ1) is 21.2. The maximum absolute atomic E-state index is 3.65. The first-order chi connectivity index (χ1) is 10.9. The molecule has 0 radical (unpaired) electrons. The molecule has 0 unspecified atom stereocenters. The normalized spacial score (nSPS) is 11.7. The van der Waals surface area contributed by atoms with Gasteiger partial charge in [-0.25, -0.2) is 0 Å². The summed E-state index contributed by atoms with van der Waals surface area (Å²) in [7, 11) is 0. The number of unbranched alkanes of at least 4 members (excludes halogenated alkanes) is 14. The van der Waals surface area contributed by atoms with E-state index in [-0.39, 0.29) is 0 Å².